The summed E-state index contributed by atoms with van der Waals surface area (Å²) in [6, 6.07) is 11.1. The lowest BCUT2D eigenvalue weighted by atomic mass is 9.70. The lowest BCUT2D eigenvalue weighted by Crippen LogP contribution is -2.46. The van der Waals surface area contributed by atoms with Crippen LogP contribution >= 0.6 is 11.3 Å². The summed E-state index contributed by atoms with van der Waals surface area (Å²) < 4.78 is 5.41. The first-order valence-electron chi connectivity index (χ1n) is 11.9. The summed E-state index contributed by atoms with van der Waals surface area (Å²) in [5.74, 6) is 0.292. The van der Waals surface area contributed by atoms with Crippen molar-refractivity contribution >= 4 is 22.4 Å². The number of hydrogen-bond donors (Lipinski definition) is 1. The van der Waals surface area contributed by atoms with Gasteiger partial charge in [-0.1, -0.05) is 30.3 Å². The molecule has 0 saturated carbocycles. The van der Waals surface area contributed by atoms with Gasteiger partial charge in [0.2, 0.25) is 5.91 Å². The number of amides is 1. The van der Waals surface area contributed by atoms with E-state index < -0.39 is 0 Å². The SMILES string of the molecule is CC(C)Nc1nc(C2(c3ccccc3)CCN(C(=O)CCCN3CCOCC3)CC2)cs1. The van der Waals surface area contributed by atoms with Crippen molar-refractivity contribution in [3.05, 3.63) is 47.0 Å². The Bertz CT molecular complexity index is 856. The Kier molecular flexibility index (Phi) is 7.81. The summed E-state index contributed by atoms with van der Waals surface area (Å²) in [5, 5.41) is 6.63. The minimum absolute atomic E-state index is 0.126. The molecule has 4 rings (SSSR count). The van der Waals surface area contributed by atoms with Crippen LogP contribution in [0.3, 0.4) is 0 Å². The third kappa shape index (κ3) is 5.50. The number of nitrogens with one attached hydrogen (secondary N) is 1. The minimum Gasteiger partial charge on any atom is -0.379 e. The fourth-order valence-corrected chi connectivity index (χ4v) is 5.79. The summed E-state index contributed by atoms with van der Waals surface area (Å²) in [6.45, 7) is 10.4. The van der Waals surface area contributed by atoms with Gasteiger partial charge < -0.3 is 15.0 Å². The number of benzene rings is 1. The molecule has 2 fully saturated rings. The van der Waals surface area contributed by atoms with E-state index in [1.165, 1.54) is 5.56 Å². The highest BCUT2D eigenvalue weighted by Gasteiger charge is 2.40. The van der Waals surface area contributed by atoms with Gasteiger partial charge in [0.05, 0.1) is 18.9 Å². The molecule has 1 aromatic carbocycles. The normalized spacial score (nSPS) is 19.3. The lowest BCUT2D eigenvalue weighted by Gasteiger charge is -2.41. The van der Waals surface area contributed by atoms with Gasteiger partial charge in [-0.2, -0.15) is 0 Å². The molecule has 2 saturated heterocycles. The first-order chi connectivity index (χ1) is 15.6. The number of carbonyl (C=O) groups is 1. The van der Waals surface area contributed by atoms with Crippen LogP contribution in [0, 0.1) is 0 Å². The average Bonchev–Trinajstić information content (AvgIpc) is 3.28. The van der Waals surface area contributed by atoms with Crippen LogP contribution in [0.5, 0.6) is 0 Å². The van der Waals surface area contributed by atoms with Crippen LogP contribution in [0.15, 0.2) is 35.7 Å². The van der Waals surface area contributed by atoms with Crippen LogP contribution in [0.25, 0.3) is 0 Å². The minimum atomic E-state index is -0.126. The Labute approximate surface area is 196 Å². The molecule has 2 aliphatic rings. The molecule has 2 aromatic rings. The highest BCUT2D eigenvalue weighted by molar-refractivity contribution is 7.13. The molecule has 0 bridgehead atoms. The molecule has 2 aliphatic heterocycles. The monoisotopic (exact) mass is 456 g/mol. The molecule has 0 radical (unpaired) electrons. The molecular formula is C25H36N4O2S. The second-order valence-electron chi connectivity index (χ2n) is 9.22. The van der Waals surface area contributed by atoms with E-state index >= 15 is 0 Å². The lowest BCUT2D eigenvalue weighted by molar-refractivity contribution is -0.132. The third-order valence-corrected chi connectivity index (χ3v) is 7.44. The number of carbonyl (C=O) groups excluding carboxylic acids is 1. The molecule has 1 aromatic heterocycles. The Morgan fingerprint density at radius 1 is 1.16 bits per heavy atom. The standard InChI is InChI=1S/C25H36N4O2S/c1-20(2)26-24-27-22(19-32-24)25(21-7-4-3-5-8-21)10-13-29(14-11-25)23(30)9-6-12-28-15-17-31-18-16-28/h3-5,7-8,19-20H,6,9-18H2,1-2H3,(H,26,27). The van der Waals surface area contributed by atoms with Crippen LogP contribution < -0.4 is 5.32 Å². The zero-order valence-electron chi connectivity index (χ0n) is 19.4. The van der Waals surface area contributed by atoms with Gasteiger partial charge in [0.1, 0.15) is 0 Å². The largest absolute Gasteiger partial charge is 0.379 e. The van der Waals surface area contributed by atoms with Crippen LogP contribution in [-0.4, -0.2) is 72.7 Å². The number of likely N-dealkylation sites (tertiary alicyclic amines) is 1. The molecule has 0 aliphatic carbocycles. The molecule has 32 heavy (non-hydrogen) atoms. The number of thiazole rings is 1. The second-order valence-corrected chi connectivity index (χ2v) is 10.1. The molecule has 0 spiro atoms. The zero-order valence-corrected chi connectivity index (χ0v) is 20.2. The van der Waals surface area contributed by atoms with Gasteiger partial charge in [-0.05, 0) is 45.2 Å². The highest BCUT2D eigenvalue weighted by Crippen LogP contribution is 2.42. The number of aromatic nitrogens is 1. The van der Waals surface area contributed by atoms with Gasteiger partial charge in [0.15, 0.2) is 5.13 Å². The Morgan fingerprint density at radius 3 is 2.56 bits per heavy atom. The number of rotatable bonds is 8. The molecule has 1 amide bonds. The van der Waals surface area contributed by atoms with Crippen molar-refractivity contribution in [2.45, 2.75) is 51.0 Å². The smallest absolute Gasteiger partial charge is 0.222 e. The van der Waals surface area contributed by atoms with Crippen molar-refractivity contribution in [2.75, 3.05) is 51.3 Å². The molecule has 0 unspecified atom stereocenters. The van der Waals surface area contributed by atoms with E-state index in [2.05, 4.69) is 64.7 Å². The maximum Gasteiger partial charge on any atom is 0.222 e. The van der Waals surface area contributed by atoms with Crippen LogP contribution in [0.4, 0.5) is 5.13 Å². The Morgan fingerprint density at radius 2 is 1.88 bits per heavy atom. The number of piperidine rings is 1. The average molecular weight is 457 g/mol. The van der Waals surface area contributed by atoms with Crippen molar-refractivity contribution in [1.29, 1.82) is 0 Å². The number of ether oxygens (including phenoxy) is 1. The molecule has 1 N–H and O–H groups in total. The Hall–Kier alpha value is -1.96. The van der Waals surface area contributed by atoms with Crippen molar-refractivity contribution in [3.63, 3.8) is 0 Å². The molecule has 3 heterocycles. The number of anilines is 1. The van der Waals surface area contributed by atoms with E-state index in [-0.39, 0.29) is 5.41 Å². The van der Waals surface area contributed by atoms with Gasteiger partial charge in [-0.15, -0.1) is 11.3 Å². The van der Waals surface area contributed by atoms with E-state index in [0.717, 1.165) is 76.0 Å². The van der Waals surface area contributed by atoms with Crippen molar-refractivity contribution in [1.82, 2.24) is 14.8 Å². The van der Waals surface area contributed by atoms with E-state index in [1.54, 1.807) is 11.3 Å². The summed E-state index contributed by atoms with van der Waals surface area (Å²) in [5.41, 5.74) is 2.32. The second kappa shape index (κ2) is 10.8. The fraction of sp³-hybridized carbons (Fsp3) is 0.600. The molecular weight excluding hydrogens is 420 g/mol. The first-order valence-corrected chi connectivity index (χ1v) is 12.8. The van der Waals surface area contributed by atoms with E-state index in [1.807, 2.05) is 0 Å². The Balaban J connectivity index is 1.40. The number of nitrogens with zero attached hydrogens (tertiary/aromatic N) is 3. The third-order valence-electron chi connectivity index (χ3n) is 6.67. The van der Waals surface area contributed by atoms with Gasteiger partial charge >= 0.3 is 0 Å². The van der Waals surface area contributed by atoms with E-state index in [4.69, 9.17) is 9.72 Å². The summed E-state index contributed by atoms with van der Waals surface area (Å²) >= 11 is 1.68. The zero-order chi connectivity index (χ0) is 22.4. The quantitative estimate of drug-likeness (QED) is 0.651. The van der Waals surface area contributed by atoms with Gasteiger partial charge in [-0.25, -0.2) is 4.98 Å². The van der Waals surface area contributed by atoms with Crippen LogP contribution in [0.2, 0.25) is 0 Å². The predicted molar refractivity (Wildman–Crippen MR) is 130 cm³/mol. The van der Waals surface area contributed by atoms with Gasteiger partial charge in [0.25, 0.3) is 0 Å². The molecule has 7 heteroatoms. The van der Waals surface area contributed by atoms with E-state index in [9.17, 15) is 4.79 Å². The maximum absolute atomic E-state index is 12.9. The number of hydrogen-bond acceptors (Lipinski definition) is 6. The highest BCUT2D eigenvalue weighted by atomic mass is 32.1. The van der Waals surface area contributed by atoms with Crippen LogP contribution in [-0.2, 0) is 14.9 Å². The van der Waals surface area contributed by atoms with Crippen molar-refractivity contribution in [3.8, 4) is 0 Å². The summed E-state index contributed by atoms with van der Waals surface area (Å²) in [6.07, 6.45) is 3.39. The van der Waals surface area contributed by atoms with Crippen molar-refractivity contribution < 1.29 is 9.53 Å². The molecule has 6 nitrogen and oxygen atoms in total. The molecule has 174 valence electrons. The van der Waals surface area contributed by atoms with Crippen molar-refractivity contribution in [2.24, 2.45) is 0 Å². The topological polar surface area (TPSA) is 57.7 Å². The van der Waals surface area contributed by atoms with Crippen LogP contribution in [0.1, 0.15) is 50.8 Å². The number of morpholine rings is 1. The first kappa shape index (κ1) is 23.2. The predicted octanol–water partition coefficient (Wildman–Crippen LogP) is 3.98. The van der Waals surface area contributed by atoms with E-state index in [0.29, 0.717) is 18.4 Å². The summed E-state index contributed by atoms with van der Waals surface area (Å²) in [4.78, 5) is 22.4. The summed E-state index contributed by atoms with van der Waals surface area (Å²) in [7, 11) is 0. The maximum atomic E-state index is 12.9. The fourth-order valence-electron chi connectivity index (χ4n) is 4.83. The van der Waals surface area contributed by atoms with Gasteiger partial charge in [0, 0.05) is 49.4 Å². The molecule has 0 atom stereocenters. The van der Waals surface area contributed by atoms with Gasteiger partial charge in [-0.3, -0.25) is 9.69 Å².